The lowest BCUT2D eigenvalue weighted by Gasteiger charge is -2.15. The van der Waals surface area contributed by atoms with Gasteiger partial charge in [-0.25, -0.2) is 9.97 Å². The van der Waals surface area contributed by atoms with Crippen LogP contribution >= 0.6 is 11.6 Å². The maximum Gasteiger partial charge on any atom is 0.242 e. The predicted octanol–water partition coefficient (Wildman–Crippen LogP) is 1.02. The van der Waals surface area contributed by atoms with Crippen LogP contribution in [0.15, 0.2) is 6.33 Å². The molecule has 0 aliphatic heterocycles. The molecule has 0 bridgehead atoms. The molecule has 0 radical (unpaired) electrons. The van der Waals surface area contributed by atoms with Crippen LogP contribution in [0.4, 0.5) is 5.82 Å². The summed E-state index contributed by atoms with van der Waals surface area (Å²) in [4.78, 5) is 30.2. The maximum atomic E-state index is 11.7. The van der Waals surface area contributed by atoms with Gasteiger partial charge in [-0.05, 0) is 19.8 Å². The van der Waals surface area contributed by atoms with E-state index >= 15 is 0 Å². The molecule has 96 valence electrons. The molecule has 1 heterocycles. The van der Waals surface area contributed by atoms with Crippen LogP contribution in [0.25, 0.3) is 0 Å². The SMILES string of the molecule is CC(Nc1ncnc(Cl)c1C=O)C(=O)NC1CC1. The largest absolute Gasteiger partial charge is 0.358 e. The molecule has 1 saturated carbocycles. The van der Waals surface area contributed by atoms with Crippen LogP contribution in [0.1, 0.15) is 30.1 Å². The number of rotatable bonds is 5. The second kappa shape index (κ2) is 5.30. The smallest absolute Gasteiger partial charge is 0.242 e. The molecule has 1 fully saturated rings. The summed E-state index contributed by atoms with van der Waals surface area (Å²) in [6.45, 7) is 1.70. The van der Waals surface area contributed by atoms with E-state index in [2.05, 4.69) is 20.6 Å². The molecule has 1 aliphatic carbocycles. The van der Waals surface area contributed by atoms with Crippen LogP contribution in [0.2, 0.25) is 5.15 Å². The van der Waals surface area contributed by atoms with Crippen LogP contribution in [0.3, 0.4) is 0 Å². The van der Waals surface area contributed by atoms with Crippen LogP contribution in [-0.4, -0.2) is 34.2 Å². The van der Waals surface area contributed by atoms with Crippen molar-refractivity contribution in [3.05, 3.63) is 17.0 Å². The highest BCUT2D eigenvalue weighted by Gasteiger charge is 2.26. The summed E-state index contributed by atoms with van der Waals surface area (Å²) in [5.74, 6) is 0.146. The lowest BCUT2D eigenvalue weighted by atomic mass is 10.2. The van der Waals surface area contributed by atoms with Gasteiger partial charge in [-0.15, -0.1) is 0 Å². The Bertz CT molecular complexity index is 476. The number of carbonyl (C=O) groups is 2. The Labute approximate surface area is 109 Å². The minimum absolute atomic E-state index is 0.0669. The van der Waals surface area contributed by atoms with Crippen molar-refractivity contribution in [3.8, 4) is 0 Å². The van der Waals surface area contributed by atoms with Gasteiger partial charge in [0.05, 0.1) is 5.56 Å². The van der Waals surface area contributed by atoms with E-state index in [1.165, 1.54) is 6.33 Å². The van der Waals surface area contributed by atoms with Gasteiger partial charge in [0, 0.05) is 6.04 Å². The van der Waals surface area contributed by atoms with E-state index in [0.29, 0.717) is 12.3 Å². The molecule has 2 rings (SSSR count). The zero-order chi connectivity index (χ0) is 13.1. The van der Waals surface area contributed by atoms with Crippen molar-refractivity contribution < 1.29 is 9.59 Å². The summed E-state index contributed by atoms with van der Waals surface area (Å²) in [6.07, 6.45) is 3.86. The third-order valence-corrected chi connectivity index (χ3v) is 2.92. The van der Waals surface area contributed by atoms with E-state index in [-0.39, 0.29) is 22.4 Å². The van der Waals surface area contributed by atoms with Crippen molar-refractivity contribution in [2.45, 2.75) is 31.8 Å². The average Bonchev–Trinajstić information content (AvgIpc) is 3.13. The Kier molecular flexibility index (Phi) is 3.76. The molecule has 7 heteroatoms. The molecule has 0 spiro atoms. The number of nitrogens with zero attached hydrogens (tertiary/aromatic N) is 2. The minimum Gasteiger partial charge on any atom is -0.358 e. The number of nitrogens with one attached hydrogen (secondary N) is 2. The normalized spacial score (nSPS) is 15.9. The summed E-state index contributed by atoms with van der Waals surface area (Å²) >= 11 is 5.76. The van der Waals surface area contributed by atoms with Crippen molar-refractivity contribution in [1.29, 1.82) is 0 Å². The van der Waals surface area contributed by atoms with Crippen molar-refractivity contribution in [2.24, 2.45) is 0 Å². The number of amides is 1. The predicted molar refractivity (Wildman–Crippen MR) is 66.7 cm³/mol. The van der Waals surface area contributed by atoms with E-state index in [9.17, 15) is 9.59 Å². The van der Waals surface area contributed by atoms with Crippen LogP contribution in [0, 0.1) is 0 Å². The summed E-state index contributed by atoms with van der Waals surface area (Å²) in [5, 5.41) is 5.78. The summed E-state index contributed by atoms with van der Waals surface area (Å²) in [7, 11) is 0. The molecule has 1 unspecified atom stereocenters. The molecule has 2 N–H and O–H groups in total. The molecule has 0 saturated heterocycles. The van der Waals surface area contributed by atoms with Gasteiger partial charge in [0.15, 0.2) is 6.29 Å². The first-order valence-electron chi connectivity index (χ1n) is 5.64. The number of hydrogen-bond acceptors (Lipinski definition) is 5. The van der Waals surface area contributed by atoms with Gasteiger partial charge >= 0.3 is 0 Å². The van der Waals surface area contributed by atoms with Crippen LogP contribution in [0.5, 0.6) is 0 Å². The molecule has 0 aromatic carbocycles. The van der Waals surface area contributed by atoms with Gasteiger partial charge in [-0.2, -0.15) is 0 Å². The summed E-state index contributed by atoms with van der Waals surface area (Å²) < 4.78 is 0. The van der Waals surface area contributed by atoms with Crippen LogP contribution < -0.4 is 10.6 Å². The van der Waals surface area contributed by atoms with Gasteiger partial charge < -0.3 is 10.6 Å². The van der Waals surface area contributed by atoms with E-state index in [1.807, 2.05) is 0 Å². The Morgan fingerprint density at radius 2 is 2.28 bits per heavy atom. The molecule has 1 aliphatic rings. The Hall–Kier alpha value is -1.69. The standard InChI is InChI=1S/C11H13ClN4O2/c1-6(11(18)16-7-2-3-7)15-10-8(4-17)9(12)13-5-14-10/h4-7H,2-3H2,1H3,(H,16,18)(H,13,14,15). The van der Waals surface area contributed by atoms with Crippen molar-refractivity contribution >= 4 is 29.6 Å². The second-order valence-electron chi connectivity index (χ2n) is 4.19. The molecule has 1 amide bonds. The van der Waals surface area contributed by atoms with Gasteiger partial charge in [0.1, 0.15) is 23.3 Å². The first kappa shape index (κ1) is 12.8. The topological polar surface area (TPSA) is 84.0 Å². The van der Waals surface area contributed by atoms with E-state index in [1.54, 1.807) is 6.92 Å². The number of halogens is 1. The van der Waals surface area contributed by atoms with Crippen molar-refractivity contribution in [2.75, 3.05) is 5.32 Å². The molecule has 18 heavy (non-hydrogen) atoms. The second-order valence-corrected chi connectivity index (χ2v) is 4.55. The highest BCUT2D eigenvalue weighted by Crippen LogP contribution is 2.20. The summed E-state index contributed by atoms with van der Waals surface area (Å²) in [5.41, 5.74) is 0.158. The highest BCUT2D eigenvalue weighted by atomic mass is 35.5. The third-order valence-electron chi connectivity index (χ3n) is 2.62. The van der Waals surface area contributed by atoms with Gasteiger partial charge in [-0.3, -0.25) is 9.59 Å². The number of aromatic nitrogens is 2. The van der Waals surface area contributed by atoms with Gasteiger partial charge in [0.25, 0.3) is 0 Å². The first-order valence-corrected chi connectivity index (χ1v) is 6.02. The highest BCUT2D eigenvalue weighted by molar-refractivity contribution is 6.32. The average molecular weight is 269 g/mol. The summed E-state index contributed by atoms with van der Waals surface area (Å²) in [6, 6.07) is -0.198. The van der Waals surface area contributed by atoms with E-state index < -0.39 is 6.04 Å². The quantitative estimate of drug-likeness (QED) is 0.615. The fraction of sp³-hybridized carbons (Fsp3) is 0.455. The number of anilines is 1. The van der Waals surface area contributed by atoms with E-state index in [0.717, 1.165) is 12.8 Å². The fourth-order valence-electron chi connectivity index (χ4n) is 1.42. The number of hydrogen-bond donors (Lipinski definition) is 2. The molecule has 1 atom stereocenters. The lowest BCUT2D eigenvalue weighted by molar-refractivity contribution is -0.121. The van der Waals surface area contributed by atoms with Crippen molar-refractivity contribution in [1.82, 2.24) is 15.3 Å². The van der Waals surface area contributed by atoms with E-state index in [4.69, 9.17) is 11.6 Å². The minimum atomic E-state index is -0.490. The van der Waals surface area contributed by atoms with Crippen molar-refractivity contribution in [3.63, 3.8) is 0 Å². The zero-order valence-electron chi connectivity index (χ0n) is 9.81. The molecule has 1 aromatic rings. The molecular weight excluding hydrogens is 256 g/mol. The maximum absolute atomic E-state index is 11.7. The Balaban J connectivity index is 2.05. The number of aldehydes is 1. The fourth-order valence-corrected chi connectivity index (χ4v) is 1.60. The number of carbonyl (C=O) groups excluding carboxylic acids is 2. The Morgan fingerprint density at radius 3 is 2.89 bits per heavy atom. The molecule has 1 aromatic heterocycles. The van der Waals surface area contributed by atoms with Gasteiger partial charge in [0.2, 0.25) is 5.91 Å². The van der Waals surface area contributed by atoms with Crippen LogP contribution in [-0.2, 0) is 4.79 Å². The monoisotopic (exact) mass is 268 g/mol. The molecule has 6 nitrogen and oxygen atoms in total. The third kappa shape index (κ3) is 2.95. The Morgan fingerprint density at radius 1 is 1.56 bits per heavy atom. The zero-order valence-corrected chi connectivity index (χ0v) is 10.6. The lowest BCUT2D eigenvalue weighted by Crippen LogP contribution is -2.39. The molecular formula is C11H13ClN4O2. The first-order chi connectivity index (χ1) is 8.61. The van der Waals surface area contributed by atoms with Gasteiger partial charge in [-0.1, -0.05) is 11.6 Å².